The molecule has 0 N–H and O–H groups in total. The quantitative estimate of drug-likeness (QED) is 0.141. The highest BCUT2D eigenvalue weighted by molar-refractivity contribution is 8.76. The van der Waals surface area contributed by atoms with E-state index < -0.39 is 0 Å². The van der Waals surface area contributed by atoms with Crippen LogP contribution in [0.1, 0.15) is 11.1 Å². The third-order valence-corrected chi connectivity index (χ3v) is 7.98. The molecule has 0 heterocycles. The molecule has 4 aromatic rings. The lowest BCUT2D eigenvalue weighted by atomic mass is 10.2. The van der Waals surface area contributed by atoms with E-state index in [2.05, 4.69) is 12.1 Å². The average Bonchev–Trinajstić information content (AvgIpc) is 2.98. The van der Waals surface area contributed by atoms with E-state index in [1.54, 1.807) is 50.0 Å². The van der Waals surface area contributed by atoms with Crippen molar-refractivity contribution in [3.8, 4) is 23.0 Å². The molecular weight excluding hydrogens is 516 g/mol. The molecule has 0 aliphatic carbocycles. The Hall–Kier alpha value is -3.88. The minimum Gasteiger partial charge on any atom is -0.497 e. The van der Waals surface area contributed by atoms with E-state index in [1.807, 2.05) is 85.2 Å². The Bertz CT molecular complexity index is 1330. The van der Waals surface area contributed by atoms with Crippen LogP contribution in [-0.2, 0) is 0 Å². The Morgan fingerprint density at radius 3 is 1.34 bits per heavy atom. The molecule has 0 unspecified atom stereocenters. The third kappa shape index (κ3) is 6.90. The molecule has 4 rings (SSSR count). The Labute approximate surface area is 231 Å². The number of benzene rings is 4. The van der Waals surface area contributed by atoms with Crippen molar-refractivity contribution in [2.24, 2.45) is 9.98 Å². The molecule has 0 fully saturated rings. The maximum Gasteiger partial charge on any atom is 0.131 e. The molecule has 0 amide bonds. The molecule has 0 spiro atoms. The summed E-state index contributed by atoms with van der Waals surface area (Å²) >= 11 is 0. The Morgan fingerprint density at radius 1 is 0.526 bits per heavy atom. The van der Waals surface area contributed by atoms with E-state index in [0.29, 0.717) is 11.5 Å². The molecule has 194 valence electrons. The molecule has 0 radical (unpaired) electrons. The summed E-state index contributed by atoms with van der Waals surface area (Å²) in [6, 6.07) is 27.4. The fraction of sp³-hybridized carbons (Fsp3) is 0.133. The summed E-state index contributed by atoms with van der Waals surface area (Å²) in [5, 5.41) is 0. The lowest BCUT2D eigenvalue weighted by molar-refractivity contribution is 0.393. The summed E-state index contributed by atoms with van der Waals surface area (Å²) < 4.78 is 21.6. The van der Waals surface area contributed by atoms with E-state index >= 15 is 0 Å². The van der Waals surface area contributed by atoms with Gasteiger partial charge >= 0.3 is 0 Å². The molecule has 0 aromatic heterocycles. The van der Waals surface area contributed by atoms with Gasteiger partial charge in [0.2, 0.25) is 0 Å². The number of nitrogens with zero attached hydrogens (tertiary/aromatic N) is 2. The molecule has 6 nitrogen and oxygen atoms in total. The molecule has 0 aliphatic heterocycles. The zero-order valence-electron chi connectivity index (χ0n) is 21.6. The highest BCUT2D eigenvalue weighted by atomic mass is 33.1. The summed E-state index contributed by atoms with van der Waals surface area (Å²) in [5.74, 6) is 2.87. The van der Waals surface area contributed by atoms with Crippen molar-refractivity contribution in [2.75, 3.05) is 28.4 Å². The fourth-order valence-electron chi connectivity index (χ4n) is 3.49. The first-order valence-electron chi connectivity index (χ1n) is 11.7. The van der Waals surface area contributed by atoms with Crippen molar-refractivity contribution in [1.82, 2.24) is 0 Å². The Kier molecular flexibility index (Phi) is 9.72. The predicted octanol–water partition coefficient (Wildman–Crippen LogP) is 8.02. The molecule has 0 saturated carbocycles. The molecule has 0 bridgehead atoms. The van der Waals surface area contributed by atoms with Gasteiger partial charge in [0.25, 0.3) is 0 Å². The summed E-state index contributed by atoms with van der Waals surface area (Å²) in [4.78, 5) is 11.6. The van der Waals surface area contributed by atoms with Gasteiger partial charge in [-0.1, -0.05) is 45.9 Å². The topological polar surface area (TPSA) is 61.6 Å². The number of hydrogen-bond donors (Lipinski definition) is 0. The highest BCUT2D eigenvalue weighted by Crippen LogP contribution is 2.45. The fourth-order valence-corrected chi connectivity index (χ4v) is 5.73. The number of hydrogen-bond acceptors (Lipinski definition) is 8. The monoisotopic (exact) mass is 544 g/mol. The van der Waals surface area contributed by atoms with Crippen molar-refractivity contribution in [3.05, 3.63) is 96.1 Å². The largest absolute Gasteiger partial charge is 0.497 e. The number of para-hydroxylation sites is 2. The standard InChI is InChI=1S/C30H28N2O4S2/c1-33-23-15-13-21(27(17-23)35-3)19-31-25-9-5-7-11-29(25)37-38-30-12-8-6-10-26(30)32-20-22-14-16-24(34-2)18-28(22)36-4/h5-20H,1-4H3. The van der Waals surface area contributed by atoms with Gasteiger partial charge in [-0.25, -0.2) is 0 Å². The van der Waals surface area contributed by atoms with Crippen LogP contribution in [0.4, 0.5) is 11.4 Å². The van der Waals surface area contributed by atoms with Gasteiger partial charge in [0.1, 0.15) is 23.0 Å². The lowest BCUT2D eigenvalue weighted by Crippen LogP contribution is -1.92. The van der Waals surface area contributed by atoms with Gasteiger partial charge in [-0.15, -0.1) is 0 Å². The Morgan fingerprint density at radius 2 is 0.947 bits per heavy atom. The number of aliphatic imine (C=N–C) groups is 2. The maximum atomic E-state index is 5.50. The lowest BCUT2D eigenvalue weighted by Gasteiger charge is -2.09. The van der Waals surface area contributed by atoms with Gasteiger partial charge < -0.3 is 18.9 Å². The third-order valence-electron chi connectivity index (χ3n) is 5.52. The van der Waals surface area contributed by atoms with Crippen LogP contribution < -0.4 is 18.9 Å². The molecule has 38 heavy (non-hydrogen) atoms. The number of methoxy groups -OCH3 is 4. The van der Waals surface area contributed by atoms with Crippen LogP contribution in [0.5, 0.6) is 23.0 Å². The first-order chi connectivity index (χ1) is 18.6. The minimum atomic E-state index is 0.702. The second-order valence-electron chi connectivity index (χ2n) is 7.83. The molecule has 8 heteroatoms. The van der Waals surface area contributed by atoms with Crippen LogP contribution in [0.3, 0.4) is 0 Å². The molecule has 0 atom stereocenters. The number of ether oxygens (including phenoxy) is 4. The second kappa shape index (κ2) is 13.6. The van der Waals surface area contributed by atoms with Crippen molar-refractivity contribution in [2.45, 2.75) is 9.79 Å². The average molecular weight is 545 g/mol. The van der Waals surface area contributed by atoms with Crippen LogP contribution >= 0.6 is 21.6 Å². The van der Waals surface area contributed by atoms with E-state index in [-0.39, 0.29) is 0 Å². The molecule has 0 aliphatic rings. The minimum absolute atomic E-state index is 0.702. The number of rotatable bonds is 11. The zero-order valence-corrected chi connectivity index (χ0v) is 23.2. The van der Waals surface area contributed by atoms with Crippen LogP contribution in [0, 0.1) is 0 Å². The first-order valence-corrected chi connectivity index (χ1v) is 13.8. The smallest absolute Gasteiger partial charge is 0.131 e. The van der Waals surface area contributed by atoms with Crippen LogP contribution in [0.2, 0.25) is 0 Å². The van der Waals surface area contributed by atoms with Gasteiger partial charge in [0, 0.05) is 45.5 Å². The van der Waals surface area contributed by atoms with Gasteiger partial charge in [-0.2, -0.15) is 0 Å². The van der Waals surface area contributed by atoms with Crippen LogP contribution in [0.25, 0.3) is 0 Å². The van der Waals surface area contributed by atoms with Crippen molar-refractivity contribution >= 4 is 45.4 Å². The van der Waals surface area contributed by atoms with Gasteiger partial charge in [-0.05, 0) is 48.5 Å². The van der Waals surface area contributed by atoms with Gasteiger partial charge in [-0.3, -0.25) is 9.98 Å². The van der Waals surface area contributed by atoms with E-state index in [1.165, 1.54) is 0 Å². The predicted molar refractivity (Wildman–Crippen MR) is 158 cm³/mol. The molecular formula is C30H28N2O4S2. The van der Waals surface area contributed by atoms with Gasteiger partial charge in [0.05, 0.1) is 39.8 Å². The highest BCUT2D eigenvalue weighted by Gasteiger charge is 2.08. The summed E-state index contributed by atoms with van der Waals surface area (Å²) in [5.41, 5.74) is 3.47. The summed E-state index contributed by atoms with van der Waals surface area (Å²) in [6.45, 7) is 0. The van der Waals surface area contributed by atoms with Crippen molar-refractivity contribution < 1.29 is 18.9 Å². The van der Waals surface area contributed by atoms with E-state index in [0.717, 1.165) is 43.8 Å². The Balaban J connectivity index is 1.52. The van der Waals surface area contributed by atoms with E-state index in [4.69, 9.17) is 28.9 Å². The first kappa shape index (κ1) is 27.2. The maximum absolute atomic E-state index is 5.50. The summed E-state index contributed by atoms with van der Waals surface area (Å²) in [6.07, 6.45) is 3.62. The summed E-state index contributed by atoms with van der Waals surface area (Å²) in [7, 11) is 9.81. The van der Waals surface area contributed by atoms with Crippen molar-refractivity contribution in [1.29, 1.82) is 0 Å². The van der Waals surface area contributed by atoms with E-state index in [9.17, 15) is 0 Å². The van der Waals surface area contributed by atoms with Crippen molar-refractivity contribution in [3.63, 3.8) is 0 Å². The SMILES string of the molecule is COc1ccc(C=Nc2ccccc2SSc2ccccc2N=Cc2ccc(OC)cc2OC)c(OC)c1. The van der Waals surface area contributed by atoms with Crippen LogP contribution in [-0.4, -0.2) is 40.9 Å². The molecule has 0 saturated heterocycles. The molecule has 4 aromatic carbocycles. The van der Waals surface area contributed by atoms with Gasteiger partial charge in [0.15, 0.2) is 0 Å². The second-order valence-corrected chi connectivity index (χ2v) is 10.0. The zero-order chi connectivity index (χ0) is 26.7. The normalized spacial score (nSPS) is 11.2. The van der Waals surface area contributed by atoms with Crippen LogP contribution in [0.15, 0.2) is 105 Å².